The number of anilines is 2. The molecule has 182 valence electrons. The van der Waals surface area contributed by atoms with Crippen molar-refractivity contribution in [1.29, 1.82) is 0 Å². The highest BCUT2D eigenvalue weighted by Gasteiger charge is 2.42. The van der Waals surface area contributed by atoms with E-state index in [2.05, 4.69) is 80.7 Å². The second-order valence-electron chi connectivity index (χ2n) is 8.99. The van der Waals surface area contributed by atoms with Crippen LogP contribution in [0.15, 0.2) is 85.2 Å². The largest absolute Gasteiger partial charge is 0.351 e. The van der Waals surface area contributed by atoms with Crippen LogP contribution in [0, 0.1) is 13.8 Å². The van der Waals surface area contributed by atoms with Gasteiger partial charge in [0.15, 0.2) is 5.11 Å². The molecular formula is C29H29N5OS. The van der Waals surface area contributed by atoms with E-state index in [1.807, 2.05) is 50.4 Å². The summed E-state index contributed by atoms with van der Waals surface area (Å²) in [4.78, 5) is 18.8. The number of aromatic nitrogens is 2. The van der Waals surface area contributed by atoms with Crippen LogP contribution < -0.4 is 15.5 Å². The quantitative estimate of drug-likeness (QED) is 0.321. The Morgan fingerprint density at radius 1 is 1.03 bits per heavy atom. The second kappa shape index (κ2) is 9.95. The van der Waals surface area contributed by atoms with E-state index in [0.717, 1.165) is 34.0 Å². The maximum atomic E-state index is 12.0. The van der Waals surface area contributed by atoms with Gasteiger partial charge in [-0.25, -0.2) is 0 Å². The zero-order valence-corrected chi connectivity index (χ0v) is 21.4. The van der Waals surface area contributed by atoms with Gasteiger partial charge in [-0.1, -0.05) is 31.2 Å². The molecular weight excluding hydrogens is 466 g/mol. The summed E-state index contributed by atoms with van der Waals surface area (Å²) in [6.45, 7) is 5.97. The van der Waals surface area contributed by atoms with Crippen LogP contribution in [-0.2, 0) is 4.79 Å². The van der Waals surface area contributed by atoms with Crippen molar-refractivity contribution in [2.24, 2.45) is 0 Å². The number of carbonyl (C=O) groups is 1. The molecule has 2 N–H and O–H groups in total. The zero-order valence-electron chi connectivity index (χ0n) is 20.6. The standard InChI is InChI=1S/C29H29N5OS/c1-4-26(35)31-22-15-14-21(18-20(22)3)34-28(27(32-29(34)36)23-11-7-8-16-30-23)25-13-9-17-33(25)24-12-6-5-10-19(24)2/h5-18,27-28H,4H2,1-3H3,(H,31,35)(H,32,36). The molecule has 2 aromatic carbocycles. The van der Waals surface area contributed by atoms with Crippen LogP contribution in [-0.4, -0.2) is 20.6 Å². The number of carbonyl (C=O) groups excluding carboxylic acids is 1. The molecule has 1 aliphatic heterocycles. The molecule has 2 unspecified atom stereocenters. The van der Waals surface area contributed by atoms with E-state index < -0.39 is 0 Å². The van der Waals surface area contributed by atoms with Gasteiger partial charge in [0.2, 0.25) is 5.91 Å². The molecule has 0 bridgehead atoms. The van der Waals surface area contributed by atoms with E-state index in [-0.39, 0.29) is 18.0 Å². The van der Waals surface area contributed by atoms with Crippen LogP contribution in [0.2, 0.25) is 0 Å². The van der Waals surface area contributed by atoms with Gasteiger partial charge < -0.3 is 20.1 Å². The van der Waals surface area contributed by atoms with E-state index >= 15 is 0 Å². The number of hydrogen-bond acceptors (Lipinski definition) is 3. The molecule has 36 heavy (non-hydrogen) atoms. The molecule has 4 aromatic rings. The molecule has 5 rings (SSSR count). The third-order valence-electron chi connectivity index (χ3n) is 6.64. The molecule has 0 radical (unpaired) electrons. The molecule has 1 amide bonds. The minimum atomic E-state index is -0.142. The Morgan fingerprint density at radius 3 is 2.56 bits per heavy atom. The second-order valence-corrected chi connectivity index (χ2v) is 9.37. The van der Waals surface area contributed by atoms with Crippen molar-refractivity contribution in [2.75, 3.05) is 10.2 Å². The molecule has 1 saturated heterocycles. The van der Waals surface area contributed by atoms with Gasteiger partial charge in [-0.05, 0) is 85.7 Å². The fourth-order valence-electron chi connectivity index (χ4n) is 4.80. The Balaban J connectivity index is 1.63. The lowest BCUT2D eigenvalue weighted by Gasteiger charge is -2.29. The lowest BCUT2D eigenvalue weighted by molar-refractivity contribution is -0.115. The van der Waals surface area contributed by atoms with Crippen molar-refractivity contribution < 1.29 is 4.79 Å². The first kappa shape index (κ1) is 23.8. The number of benzene rings is 2. The smallest absolute Gasteiger partial charge is 0.224 e. The molecule has 2 atom stereocenters. The third kappa shape index (κ3) is 4.38. The molecule has 7 heteroatoms. The number of amides is 1. The molecule has 1 fully saturated rings. The van der Waals surface area contributed by atoms with Crippen LogP contribution in [0.3, 0.4) is 0 Å². The summed E-state index contributed by atoms with van der Waals surface area (Å²) < 4.78 is 2.24. The first-order valence-corrected chi connectivity index (χ1v) is 12.5. The predicted octanol–water partition coefficient (Wildman–Crippen LogP) is 6.01. The van der Waals surface area contributed by atoms with Crippen LogP contribution in [0.25, 0.3) is 5.69 Å². The van der Waals surface area contributed by atoms with Crippen molar-refractivity contribution in [2.45, 2.75) is 39.3 Å². The number of rotatable bonds is 6. The summed E-state index contributed by atoms with van der Waals surface area (Å²) in [5, 5.41) is 7.15. The van der Waals surface area contributed by atoms with Crippen molar-refractivity contribution in [3.63, 3.8) is 0 Å². The van der Waals surface area contributed by atoms with E-state index in [1.54, 1.807) is 0 Å². The van der Waals surface area contributed by atoms with E-state index in [4.69, 9.17) is 12.2 Å². The van der Waals surface area contributed by atoms with Crippen molar-refractivity contribution in [1.82, 2.24) is 14.9 Å². The van der Waals surface area contributed by atoms with Crippen molar-refractivity contribution in [3.8, 4) is 5.69 Å². The summed E-state index contributed by atoms with van der Waals surface area (Å²) in [6.07, 6.45) is 4.35. The van der Waals surface area contributed by atoms with Crippen LogP contribution in [0.1, 0.15) is 47.9 Å². The Hall–Kier alpha value is -3.97. The van der Waals surface area contributed by atoms with Gasteiger partial charge in [0.05, 0.1) is 11.7 Å². The number of nitrogens with zero attached hydrogens (tertiary/aromatic N) is 3. The molecule has 2 aromatic heterocycles. The first-order chi connectivity index (χ1) is 17.5. The number of thiocarbonyl (C=S) groups is 1. The monoisotopic (exact) mass is 495 g/mol. The zero-order chi connectivity index (χ0) is 25.2. The summed E-state index contributed by atoms with van der Waals surface area (Å²) in [5.41, 5.74) is 7.10. The van der Waals surface area contributed by atoms with Gasteiger partial charge in [-0.15, -0.1) is 0 Å². The maximum absolute atomic E-state index is 12.0. The lowest BCUT2D eigenvalue weighted by atomic mass is 10.00. The Bertz CT molecular complexity index is 1410. The Kier molecular flexibility index (Phi) is 6.57. The topological polar surface area (TPSA) is 62.2 Å². The van der Waals surface area contributed by atoms with E-state index in [1.165, 1.54) is 5.56 Å². The van der Waals surface area contributed by atoms with Crippen molar-refractivity contribution in [3.05, 3.63) is 108 Å². The maximum Gasteiger partial charge on any atom is 0.224 e. The van der Waals surface area contributed by atoms with E-state index in [0.29, 0.717) is 11.5 Å². The minimum Gasteiger partial charge on any atom is -0.351 e. The van der Waals surface area contributed by atoms with Gasteiger partial charge in [0, 0.05) is 41.6 Å². The number of para-hydroxylation sites is 1. The average Bonchev–Trinajstić information content (AvgIpc) is 3.50. The predicted molar refractivity (Wildman–Crippen MR) is 149 cm³/mol. The molecule has 3 heterocycles. The van der Waals surface area contributed by atoms with Crippen LogP contribution in [0.5, 0.6) is 0 Å². The summed E-state index contributed by atoms with van der Waals surface area (Å²) in [6, 6.07) is 24.3. The molecule has 0 spiro atoms. The van der Waals surface area contributed by atoms with E-state index in [9.17, 15) is 4.79 Å². The molecule has 1 aliphatic rings. The van der Waals surface area contributed by atoms with Crippen LogP contribution in [0.4, 0.5) is 11.4 Å². The Labute approximate surface area is 217 Å². The highest BCUT2D eigenvalue weighted by atomic mass is 32.1. The summed E-state index contributed by atoms with van der Waals surface area (Å²) in [5.74, 6) is -0.00615. The average molecular weight is 496 g/mol. The van der Waals surface area contributed by atoms with Crippen molar-refractivity contribution >= 4 is 34.6 Å². The summed E-state index contributed by atoms with van der Waals surface area (Å²) in [7, 11) is 0. The molecule has 6 nitrogen and oxygen atoms in total. The van der Waals surface area contributed by atoms with Gasteiger partial charge in [-0.3, -0.25) is 9.78 Å². The van der Waals surface area contributed by atoms with Gasteiger partial charge >= 0.3 is 0 Å². The fraction of sp³-hybridized carbons (Fsp3) is 0.207. The molecule has 0 saturated carbocycles. The summed E-state index contributed by atoms with van der Waals surface area (Å²) >= 11 is 5.91. The SMILES string of the molecule is CCC(=O)Nc1ccc(N2C(=S)NC(c3ccccn3)C2c2cccn2-c2ccccc2C)cc1C. The first-order valence-electron chi connectivity index (χ1n) is 12.1. The third-order valence-corrected chi connectivity index (χ3v) is 6.95. The number of hydrogen-bond donors (Lipinski definition) is 2. The van der Waals surface area contributed by atoms with Gasteiger partial charge in [0.1, 0.15) is 6.04 Å². The highest BCUT2D eigenvalue weighted by molar-refractivity contribution is 7.80. The Morgan fingerprint density at radius 2 is 1.83 bits per heavy atom. The lowest BCUT2D eigenvalue weighted by Crippen LogP contribution is -2.30. The normalized spacial score (nSPS) is 17.2. The minimum absolute atomic E-state index is 0.00615. The van der Waals surface area contributed by atoms with Gasteiger partial charge in [-0.2, -0.15) is 0 Å². The fourth-order valence-corrected chi connectivity index (χ4v) is 5.14. The molecule has 0 aliphatic carbocycles. The van der Waals surface area contributed by atoms with Gasteiger partial charge in [0.25, 0.3) is 0 Å². The van der Waals surface area contributed by atoms with Crippen LogP contribution >= 0.6 is 12.2 Å². The number of aryl methyl sites for hydroxylation is 2. The highest BCUT2D eigenvalue weighted by Crippen LogP contribution is 2.43. The number of nitrogens with one attached hydrogen (secondary N) is 2. The number of pyridine rings is 1.